The van der Waals surface area contributed by atoms with Crippen LogP contribution >= 0.6 is 11.6 Å². The number of benzene rings is 2. The van der Waals surface area contributed by atoms with Gasteiger partial charge in [0.25, 0.3) is 5.91 Å². The summed E-state index contributed by atoms with van der Waals surface area (Å²) in [5.74, 6) is -0.572. The second kappa shape index (κ2) is 7.45. The predicted octanol–water partition coefficient (Wildman–Crippen LogP) is 3.41. The van der Waals surface area contributed by atoms with Gasteiger partial charge in [-0.25, -0.2) is 9.78 Å². The monoisotopic (exact) mass is 373 g/mol. The third-order valence-electron chi connectivity index (χ3n) is 3.73. The van der Waals surface area contributed by atoms with Crippen LogP contribution in [0.2, 0.25) is 5.02 Å². The van der Waals surface area contributed by atoms with Crippen molar-refractivity contribution < 1.29 is 19.1 Å². The summed E-state index contributed by atoms with van der Waals surface area (Å²) in [5, 5.41) is 3.01. The molecular weight excluding hydrogens is 358 g/mol. The zero-order valence-electron chi connectivity index (χ0n) is 14.1. The molecule has 1 heterocycles. The largest absolute Gasteiger partial charge is 0.495 e. The Morgan fingerprint density at radius 2 is 2.04 bits per heavy atom. The summed E-state index contributed by atoms with van der Waals surface area (Å²) < 4.78 is 10.3. The molecule has 3 rings (SSSR count). The lowest BCUT2D eigenvalue weighted by Gasteiger charge is -2.14. The second-order valence-electron chi connectivity index (χ2n) is 5.52. The first-order valence-electron chi connectivity index (χ1n) is 7.76. The maximum absolute atomic E-state index is 12.2. The van der Waals surface area contributed by atoms with Crippen LogP contribution in [0, 0.1) is 0 Å². The lowest BCUT2D eigenvalue weighted by atomic mass is 10.2. The molecule has 2 N–H and O–H groups in total. The standard InChI is InChI=1S/C18H16ClN3O4/c1-10(17(23)22-12-4-6-16(25-2)13(19)8-12)26-18(24)11-3-5-14-15(7-11)21-9-20-14/h3-10H,1-2H3,(H,20,21)(H,22,23). The van der Waals surface area contributed by atoms with E-state index in [1.165, 1.54) is 20.4 Å². The van der Waals surface area contributed by atoms with E-state index in [2.05, 4.69) is 15.3 Å². The SMILES string of the molecule is COc1ccc(NC(=O)C(C)OC(=O)c2ccc3nc[nH]c3c2)cc1Cl. The first kappa shape index (κ1) is 17.8. The number of amides is 1. The number of hydrogen-bond acceptors (Lipinski definition) is 5. The number of aromatic amines is 1. The number of nitrogens with zero attached hydrogens (tertiary/aromatic N) is 1. The van der Waals surface area contributed by atoms with E-state index in [-0.39, 0.29) is 0 Å². The number of rotatable bonds is 5. The van der Waals surface area contributed by atoms with Crippen molar-refractivity contribution in [2.24, 2.45) is 0 Å². The Kier molecular flexibility index (Phi) is 5.09. The number of carbonyl (C=O) groups excluding carboxylic acids is 2. The molecule has 1 amide bonds. The Morgan fingerprint density at radius 1 is 1.23 bits per heavy atom. The van der Waals surface area contributed by atoms with Crippen molar-refractivity contribution in [2.75, 3.05) is 12.4 Å². The maximum Gasteiger partial charge on any atom is 0.338 e. The molecule has 134 valence electrons. The van der Waals surface area contributed by atoms with Crippen molar-refractivity contribution in [2.45, 2.75) is 13.0 Å². The highest BCUT2D eigenvalue weighted by Gasteiger charge is 2.20. The van der Waals surface area contributed by atoms with Crippen molar-refractivity contribution in [3.05, 3.63) is 53.3 Å². The Morgan fingerprint density at radius 3 is 2.77 bits per heavy atom. The van der Waals surface area contributed by atoms with Gasteiger partial charge in [0.15, 0.2) is 6.10 Å². The summed E-state index contributed by atoms with van der Waals surface area (Å²) in [6, 6.07) is 9.75. The fraction of sp³-hybridized carbons (Fsp3) is 0.167. The minimum Gasteiger partial charge on any atom is -0.495 e. The molecule has 26 heavy (non-hydrogen) atoms. The Hall–Kier alpha value is -3.06. The number of H-pyrrole nitrogens is 1. The van der Waals surface area contributed by atoms with Gasteiger partial charge in [-0.05, 0) is 43.3 Å². The quantitative estimate of drug-likeness (QED) is 0.668. The number of halogens is 1. The smallest absolute Gasteiger partial charge is 0.338 e. The minimum atomic E-state index is -0.985. The highest BCUT2D eigenvalue weighted by molar-refractivity contribution is 6.32. The van der Waals surface area contributed by atoms with E-state index in [1.807, 2.05) is 0 Å². The molecule has 1 unspecified atom stereocenters. The molecule has 2 aromatic carbocycles. The molecule has 0 spiro atoms. The number of hydrogen-bond donors (Lipinski definition) is 2. The number of nitrogens with one attached hydrogen (secondary N) is 2. The van der Waals surface area contributed by atoms with Gasteiger partial charge >= 0.3 is 5.97 Å². The van der Waals surface area contributed by atoms with Gasteiger partial charge in [-0.2, -0.15) is 0 Å². The molecular formula is C18H16ClN3O4. The Balaban J connectivity index is 1.64. The lowest BCUT2D eigenvalue weighted by Crippen LogP contribution is -2.30. The Labute approximate surface area is 154 Å². The first-order valence-corrected chi connectivity index (χ1v) is 8.14. The Bertz CT molecular complexity index is 970. The van der Waals surface area contributed by atoms with Gasteiger partial charge < -0.3 is 19.8 Å². The average Bonchev–Trinajstić information content (AvgIpc) is 3.09. The number of esters is 1. The number of fused-ring (bicyclic) bond motifs is 1. The predicted molar refractivity (Wildman–Crippen MR) is 97.6 cm³/mol. The zero-order valence-corrected chi connectivity index (χ0v) is 14.8. The highest BCUT2D eigenvalue weighted by Crippen LogP contribution is 2.27. The molecule has 1 aromatic heterocycles. The third-order valence-corrected chi connectivity index (χ3v) is 4.02. The normalized spacial score (nSPS) is 11.8. The van der Waals surface area contributed by atoms with Gasteiger partial charge in [-0.3, -0.25) is 4.79 Å². The van der Waals surface area contributed by atoms with Gasteiger partial charge in [-0.1, -0.05) is 11.6 Å². The lowest BCUT2D eigenvalue weighted by molar-refractivity contribution is -0.123. The molecule has 3 aromatic rings. The van der Waals surface area contributed by atoms with Crippen LogP contribution in [-0.2, 0) is 9.53 Å². The summed E-state index contributed by atoms with van der Waals surface area (Å²) in [6.45, 7) is 1.49. The topological polar surface area (TPSA) is 93.3 Å². The minimum absolute atomic E-state index is 0.328. The summed E-state index contributed by atoms with van der Waals surface area (Å²) in [4.78, 5) is 31.5. The fourth-order valence-corrected chi connectivity index (χ4v) is 2.59. The number of imidazole rings is 1. The van der Waals surface area contributed by atoms with Crippen molar-refractivity contribution in [1.29, 1.82) is 0 Å². The van der Waals surface area contributed by atoms with Crippen molar-refractivity contribution in [3.63, 3.8) is 0 Å². The molecule has 0 aliphatic rings. The summed E-state index contributed by atoms with van der Waals surface area (Å²) in [6.07, 6.45) is 0.552. The number of aromatic nitrogens is 2. The van der Waals surface area contributed by atoms with Crippen molar-refractivity contribution >= 4 is 40.2 Å². The van der Waals surface area contributed by atoms with E-state index in [0.29, 0.717) is 27.5 Å². The van der Waals surface area contributed by atoms with Crippen LogP contribution in [0.5, 0.6) is 5.75 Å². The van der Waals surface area contributed by atoms with Gasteiger partial charge in [0, 0.05) is 5.69 Å². The van der Waals surface area contributed by atoms with Crippen molar-refractivity contribution in [1.82, 2.24) is 9.97 Å². The average molecular weight is 374 g/mol. The van der Waals surface area contributed by atoms with E-state index in [9.17, 15) is 9.59 Å². The van der Waals surface area contributed by atoms with Gasteiger partial charge in [0.05, 0.1) is 35.1 Å². The van der Waals surface area contributed by atoms with Crippen LogP contribution in [0.4, 0.5) is 5.69 Å². The van der Waals surface area contributed by atoms with E-state index in [4.69, 9.17) is 21.1 Å². The molecule has 0 fully saturated rings. The molecule has 8 heteroatoms. The summed E-state index contributed by atoms with van der Waals surface area (Å²) in [7, 11) is 1.50. The maximum atomic E-state index is 12.2. The molecule has 7 nitrogen and oxygen atoms in total. The molecule has 1 atom stereocenters. The van der Waals surface area contributed by atoms with Crippen LogP contribution in [-0.4, -0.2) is 35.1 Å². The molecule has 0 saturated heterocycles. The molecule has 0 aliphatic carbocycles. The van der Waals surface area contributed by atoms with Crippen LogP contribution in [0.1, 0.15) is 17.3 Å². The molecule has 0 aliphatic heterocycles. The van der Waals surface area contributed by atoms with Crippen LogP contribution in [0.15, 0.2) is 42.7 Å². The third kappa shape index (κ3) is 3.78. The zero-order chi connectivity index (χ0) is 18.7. The van der Waals surface area contributed by atoms with Gasteiger partial charge in [0.1, 0.15) is 5.75 Å². The molecule has 0 radical (unpaired) electrons. The van der Waals surface area contributed by atoms with E-state index in [1.54, 1.807) is 36.4 Å². The highest BCUT2D eigenvalue weighted by atomic mass is 35.5. The first-order chi connectivity index (χ1) is 12.5. The van der Waals surface area contributed by atoms with Crippen molar-refractivity contribution in [3.8, 4) is 5.75 Å². The number of carbonyl (C=O) groups is 2. The summed E-state index contributed by atoms with van der Waals surface area (Å²) >= 11 is 6.03. The van der Waals surface area contributed by atoms with E-state index < -0.39 is 18.0 Å². The fourth-order valence-electron chi connectivity index (χ4n) is 2.33. The van der Waals surface area contributed by atoms with Gasteiger partial charge in [0.2, 0.25) is 0 Å². The molecule has 0 saturated carbocycles. The second-order valence-corrected chi connectivity index (χ2v) is 5.93. The number of anilines is 1. The van der Waals surface area contributed by atoms with E-state index in [0.717, 1.165) is 5.52 Å². The van der Waals surface area contributed by atoms with Crippen LogP contribution in [0.3, 0.4) is 0 Å². The number of ether oxygens (including phenoxy) is 2. The molecule has 0 bridgehead atoms. The van der Waals surface area contributed by atoms with Crippen LogP contribution < -0.4 is 10.1 Å². The van der Waals surface area contributed by atoms with E-state index >= 15 is 0 Å². The summed E-state index contributed by atoms with van der Waals surface area (Å²) in [5.41, 5.74) is 2.25. The van der Waals surface area contributed by atoms with Gasteiger partial charge in [-0.15, -0.1) is 0 Å². The number of methoxy groups -OCH3 is 1. The van der Waals surface area contributed by atoms with Crippen LogP contribution in [0.25, 0.3) is 11.0 Å².